The number of carbonyl (C=O) groups is 1. The second-order valence-electron chi connectivity index (χ2n) is 6.56. The summed E-state index contributed by atoms with van der Waals surface area (Å²) in [4.78, 5) is 29.8. The number of amides is 1. The standard InChI is InChI=1S/C21H18NO6P/c23-21(22-14-9-11-15(12-10-14)28-29(24,25)26)27-13-20-18-7-3-1-5-16(18)17-6-2-4-8-19(17)20/h1-12,20H,13H2,(H,22,23)(H2,24,25,26). The van der Waals surface area contributed by atoms with Crippen LogP contribution < -0.4 is 9.84 Å². The number of nitrogens with one attached hydrogen (secondary N) is 1. The lowest BCUT2D eigenvalue weighted by Gasteiger charge is -2.14. The monoisotopic (exact) mass is 411 g/mol. The molecule has 0 aliphatic heterocycles. The summed E-state index contributed by atoms with van der Waals surface area (Å²) in [6.07, 6.45) is -0.615. The van der Waals surface area contributed by atoms with Gasteiger partial charge in [0.2, 0.25) is 0 Å². The normalized spacial score (nSPS) is 12.8. The van der Waals surface area contributed by atoms with Crippen LogP contribution in [0.15, 0.2) is 72.8 Å². The van der Waals surface area contributed by atoms with Crippen molar-refractivity contribution in [2.45, 2.75) is 5.92 Å². The number of fused-ring (bicyclic) bond motifs is 3. The van der Waals surface area contributed by atoms with Gasteiger partial charge in [-0.25, -0.2) is 9.36 Å². The van der Waals surface area contributed by atoms with Crippen LogP contribution in [-0.4, -0.2) is 22.5 Å². The summed E-state index contributed by atoms with van der Waals surface area (Å²) in [7, 11) is -4.62. The van der Waals surface area contributed by atoms with Gasteiger partial charge < -0.3 is 9.26 Å². The van der Waals surface area contributed by atoms with Gasteiger partial charge in [-0.2, -0.15) is 0 Å². The molecule has 0 fully saturated rings. The summed E-state index contributed by atoms with van der Waals surface area (Å²) < 4.78 is 20.7. The van der Waals surface area contributed by atoms with E-state index in [1.54, 1.807) is 0 Å². The van der Waals surface area contributed by atoms with Gasteiger partial charge in [-0.1, -0.05) is 48.5 Å². The first-order valence-electron chi connectivity index (χ1n) is 8.88. The molecule has 0 unspecified atom stereocenters. The van der Waals surface area contributed by atoms with E-state index in [2.05, 4.69) is 22.0 Å². The Hall–Kier alpha value is -3.12. The fraction of sp³-hybridized carbons (Fsp3) is 0.0952. The number of hydrogen-bond acceptors (Lipinski definition) is 4. The van der Waals surface area contributed by atoms with Crippen molar-refractivity contribution in [3.8, 4) is 16.9 Å². The SMILES string of the molecule is O=C(Nc1ccc(OP(=O)(O)O)cc1)OCC1c2ccccc2-c2ccccc21. The van der Waals surface area contributed by atoms with E-state index >= 15 is 0 Å². The van der Waals surface area contributed by atoms with Crippen molar-refractivity contribution in [3.05, 3.63) is 83.9 Å². The molecule has 0 radical (unpaired) electrons. The largest absolute Gasteiger partial charge is 0.524 e. The number of anilines is 1. The second-order valence-corrected chi connectivity index (χ2v) is 7.72. The van der Waals surface area contributed by atoms with Crippen LogP contribution in [0.3, 0.4) is 0 Å². The summed E-state index contributed by atoms with van der Waals surface area (Å²) in [5.74, 6) is -0.0383. The molecule has 0 spiro atoms. The van der Waals surface area contributed by atoms with Crippen molar-refractivity contribution >= 4 is 19.6 Å². The van der Waals surface area contributed by atoms with Gasteiger partial charge in [-0.3, -0.25) is 15.1 Å². The smallest absolute Gasteiger partial charge is 0.448 e. The molecule has 3 aromatic rings. The molecular weight excluding hydrogens is 393 g/mol. The minimum absolute atomic E-state index is 0.00331. The van der Waals surface area contributed by atoms with Gasteiger partial charge in [0, 0.05) is 11.6 Å². The molecule has 3 aromatic carbocycles. The predicted octanol–water partition coefficient (Wildman–Crippen LogP) is 4.52. The quantitative estimate of drug-likeness (QED) is 0.533. The zero-order valence-electron chi connectivity index (χ0n) is 15.2. The third-order valence-corrected chi connectivity index (χ3v) is 5.12. The maximum absolute atomic E-state index is 12.2. The molecule has 1 aliphatic carbocycles. The van der Waals surface area contributed by atoms with E-state index in [1.165, 1.54) is 24.3 Å². The minimum Gasteiger partial charge on any atom is -0.448 e. The van der Waals surface area contributed by atoms with Crippen molar-refractivity contribution in [1.82, 2.24) is 0 Å². The van der Waals surface area contributed by atoms with Crippen LogP contribution >= 0.6 is 7.82 Å². The molecule has 4 rings (SSSR count). The highest BCUT2D eigenvalue weighted by molar-refractivity contribution is 7.46. The molecule has 148 valence electrons. The van der Waals surface area contributed by atoms with Gasteiger partial charge in [0.1, 0.15) is 12.4 Å². The third-order valence-electron chi connectivity index (χ3n) is 4.67. The van der Waals surface area contributed by atoms with Crippen LogP contribution in [0.5, 0.6) is 5.75 Å². The zero-order chi connectivity index (χ0) is 20.4. The molecule has 29 heavy (non-hydrogen) atoms. The first-order valence-corrected chi connectivity index (χ1v) is 10.4. The number of rotatable bonds is 5. The van der Waals surface area contributed by atoms with Crippen molar-refractivity contribution < 1.29 is 28.4 Å². The van der Waals surface area contributed by atoms with E-state index in [1.807, 2.05) is 36.4 Å². The Morgan fingerprint density at radius 2 is 1.45 bits per heavy atom. The summed E-state index contributed by atoms with van der Waals surface area (Å²) in [6.45, 7) is 0.194. The van der Waals surface area contributed by atoms with Crippen LogP contribution in [0.4, 0.5) is 10.5 Å². The Bertz CT molecular complexity index is 1050. The lowest BCUT2D eigenvalue weighted by molar-refractivity contribution is 0.158. The number of carbonyl (C=O) groups excluding carboxylic acids is 1. The highest BCUT2D eigenvalue weighted by Crippen LogP contribution is 2.44. The Balaban J connectivity index is 1.41. The summed E-state index contributed by atoms with van der Waals surface area (Å²) >= 11 is 0. The van der Waals surface area contributed by atoms with E-state index in [0.717, 1.165) is 22.3 Å². The van der Waals surface area contributed by atoms with Crippen LogP contribution in [-0.2, 0) is 9.30 Å². The van der Waals surface area contributed by atoms with Crippen molar-refractivity contribution in [2.75, 3.05) is 11.9 Å². The third kappa shape index (κ3) is 4.32. The topological polar surface area (TPSA) is 105 Å². The Morgan fingerprint density at radius 3 is 2.00 bits per heavy atom. The molecule has 0 bridgehead atoms. The molecule has 0 heterocycles. The summed E-state index contributed by atoms with van der Waals surface area (Å²) in [5.41, 5.74) is 4.97. The van der Waals surface area contributed by atoms with Crippen LogP contribution in [0, 0.1) is 0 Å². The first-order chi connectivity index (χ1) is 13.9. The molecular formula is C21H18NO6P. The maximum Gasteiger partial charge on any atom is 0.524 e. The van der Waals surface area contributed by atoms with E-state index in [-0.39, 0.29) is 18.3 Å². The van der Waals surface area contributed by atoms with Crippen molar-refractivity contribution in [3.63, 3.8) is 0 Å². The van der Waals surface area contributed by atoms with Crippen LogP contribution in [0.25, 0.3) is 11.1 Å². The molecule has 1 amide bonds. The molecule has 7 nitrogen and oxygen atoms in total. The molecule has 0 saturated heterocycles. The number of hydrogen-bond donors (Lipinski definition) is 3. The van der Waals surface area contributed by atoms with Gasteiger partial charge >= 0.3 is 13.9 Å². The van der Waals surface area contributed by atoms with Gasteiger partial charge in [-0.05, 0) is 46.5 Å². The fourth-order valence-corrected chi connectivity index (χ4v) is 3.89. The van der Waals surface area contributed by atoms with Gasteiger partial charge in [0.05, 0.1) is 0 Å². The highest BCUT2D eigenvalue weighted by Gasteiger charge is 2.29. The van der Waals surface area contributed by atoms with Crippen LogP contribution in [0.1, 0.15) is 17.0 Å². The minimum atomic E-state index is -4.62. The lowest BCUT2D eigenvalue weighted by Crippen LogP contribution is -2.17. The fourth-order valence-electron chi connectivity index (χ4n) is 3.49. The Labute approximate surface area is 167 Å². The highest BCUT2D eigenvalue weighted by atomic mass is 31.2. The van der Waals surface area contributed by atoms with E-state index in [0.29, 0.717) is 5.69 Å². The average Bonchev–Trinajstić information content (AvgIpc) is 3.01. The molecule has 8 heteroatoms. The average molecular weight is 411 g/mol. The van der Waals surface area contributed by atoms with Crippen LogP contribution in [0.2, 0.25) is 0 Å². The number of phosphoric ester groups is 1. The molecule has 3 N–H and O–H groups in total. The Kier molecular flexibility index (Phi) is 5.11. The summed E-state index contributed by atoms with van der Waals surface area (Å²) in [5, 5.41) is 2.59. The van der Waals surface area contributed by atoms with E-state index in [4.69, 9.17) is 14.5 Å². The lowest BCUT2D eigenvalue weighted by atomic mass is 9.98. The Morgan fingerprint density at radius 1 is 0.897 bits per heavy atom. The number of benzene rings is 3. The van der Waals surface area contributed by atoms with E-state index in [9.17, 15) is 9.36 Å². The van der Waals surface area contributed by atoms with E-state index < -0.39 is 13.9 Å². The van der Waals surface area contributed by atoms with Crippen molar-refractivity contribution in [2.24, 2.45) is 0 Å². The first kappa shape index (κ1) is 19.2. The number of phosphoric acid groups is 1. The zero-order valence-corrected chi connectivity index (χ0v) is 16.1. The second kappa shape index (κ2) is 7.72. The molecule has 0 saturated carbocycles. The number of ether oxygens (including phenoxy) is 1. The predicted molar refractivity (Wildman–Crippen MR) is 108 cm³/mol. The van der Waals surface area contributed by atoms with Crippen molar-refractivity contribution in [1.29, 1.82) is 0 Å². The molecule has 0 atom stereocenters. The summed E-state index contributed by atoms with van der Waals surface area (Å²) in [6, 6.07) is 21.8. The van der Waals surface area contributed by atoms with Gasteiger partial charge in [-0.15, -0.1) is 0 Å². The van der Waals surface area contributed by atoms with Gasteiger partial charge in [0.15, 0.2) is 0 Å². The molecule has 0 aromatic heterocycles. The molecule has 1 aliphatic rings. The maximum atomic E-state index is 12.2. The van der Waals surface area contributed by atoms with Gasteiger partial charge in [0.25, 0.3) is 0 Å².